The van der Waals surface area contributed by atoms with E-state index in [2.05, 4.69) is 5.32 Å². The normalized spacial score (nSPS) is 10.0. The van der Waals surface area contributed by atoms with Gasteiger partial charge in [0.2, 0.25) is 5.75 Å². The first-order valence-corrected chi connectivity index (χ1v) is 6.77. The number of anilines is 1. The number of methoxy groups -OCH3 is 3. The lowest BCUT2D eigenvalue weighted by molar-refractivity contribution is 0.102. The number of ether oxygens (including phenoxy) is 3. The predicted octanol–water partition coefficient (Wildman–Crippen LogP) is 3.27. The standard InChI is InChI=1S/C17H19NO4/c1-11-5-7-12(8-6-11)18-17(19)13-9-10-14(20-2)16(22-4)15(13)21-3/h5-10H,1-4H3,(H,18,19). The van der Waals surface area contributed by atoms with Crippen molar-refractivity contribution in [2.45, 2.75) is 6.92 Å². The van der Waals surface area contributed by atoms with Crippen LogP contribution in [0.1, 0.15) is 15.9 Å². The highest BCUT2D eigenvalue weighted by molar-refractivity contribution is 6.07. The average molecular weight is 301 g/mol. The number of aryl methyl sites for hydroxylation is 1. The quantitative estimate of drug-likeness (QED) is 0.921. The van der Waals surface area contributed by atoms with Crippen LogP contribution in [-0.4, -0.2) is 27.2 Å². The van der Waals surface area contributed by atoms with E-state index in [9.17, 15) is 4.79 Å². The summed E-state index contributed by atoms with van der Waals surface area (Å²) in [5, 5.41) is 2.83. The van der Waals surface area contributed by atoms with Crippen molar-refractivity contribution in [1.29, 1.82) is 0 Å². The molecule has 0 atom stereocenters. The van der Waals surface area contributed by atoms with Gasteiger partial charge in [0.05, 0.1) is 26.9 Å². The van der Waals surface area contributed by atoms with E-state index in [-0.39, 0.29) is 5.91 Å². The van der Waals surface area contributed by atoms with Crippen LogP contribution in [0.3, 0.4) is 0 Å². The van der Waals surface area contributed by atoms with Gasteiger partial charge in [-0.3, -0.25) is 4.79 Å². The molecule has 0 aliphatic heterocycles. The fraction of sp³-hybridized carbons (Fsp3) is 0.235. The molecule has 2 aromatic carbocycles. The summed E-state index contributed by atoms with van der Waals surface area (Å²) < 4.78 is 15.8. The van der Waals surface area contributed by atoms with Gasteiger partial charge in [-0.05, 0) is 31.2 Å². The van der Waals surface area contributed by atoms with Crippen molar-refractivity contribution in [2.24, 2.45) is 0 Å². The van der Waals surface area contributed by atoms with Crippen molar-refractivity contribution in [1.82, 2.24) is 0 Å². The minimum Gasteiger partial charge on any atom is -0.493 e. The van der Waals surface area contributed by atoms with Crippen LogP contribution in [0.25, 0.3) is 0 Å². The molecule has 5 nitrogen and oxygen atoms in total. The summed E-state index contributed by atoms with van der Waals surface area (Å²) in [7, 11) is 4.52. The van der Waals surface area contributed by atoms with Gasteiger partial charge in [-0.1, -0.05) is 17.7 Å². The van der Waals surface area contributed by atoms with Crippen LogP contribution in [0.2, 0.25) is 0 Å². The van der Waals surface area contributed by atoms with E-state index in [0.717, 1.165) is 5.56 Å². The van der Waals surface area contributed by atoms with Crippen molar-refractivity contribution in [3.8, 4) is 17.2 Å². The Morgan fingerprint density at radius 3 is 2.05 bits per heavy atom. The third-order valence-corrected chi connectivity index (χ3v) is 3.26. The van der Waals surface area contributed by atoms with E-state index in [1.165, 1.54) is 21.3 Å². The second-order valence-electron chi connectivity index (χ2n) is 4.70. The molecule has 2 rings (SSSR count). The summed E-state index contributed by atoms with van der Waals surface area (Å²) in [4.78, 5) is 12.5. The highest BCUT2D eigenvalue weighted by atomic mass is 16.5. The van der Waals surface area contributed by atoms with Gasteiger partial charge >= 0.3 is 0 Å². The topological polar surface area (TPSA) is 56.8 Å². The van der Waals surface area contributed by atoms with Crippen LogP contribution in [-0.2, 0) is 0 Å². The van der Waals surface area contributed by atoms with Crippen LogP contribution >= 0.6 is 0 Å². The Kier molecular flexibility index (Phi) is 4.88. The summed E-state index contributed by atoms with van der Waals surface area (Å²) in [6.07, 6.45) is 0. The second-order valence-corrected chi connectivity index (χ2v) is 4.70. The molecule has 0 spiro atoms. The number of carbonyl (C=O) groups excluding carboxylic acids is 1. The lowest BCUT2D eigenvalue weighted by atomic mass is 10.1. The smallest absolute Gasteiger partial charge is 0.259 e. The van der Waals surface area contributed by atoms with Gasteiger partial charge in [0.25, 0.3) is 5.91 Å². The Hall–Kier alpha value is -2.69. The molecule has 1 amide bonds. The molecule has 0 aliphatic carbocycles. The number of benzene rings is 2. The molecule has 0 radical (unpaired) electrons. The summed E-state index contributed by atoms with van der Waals surface area (Å²) in [5.74, 6) is 0.959. The van der Waals surface area contributed by atoms with Gasteiger partial charge in [-0.15, -0.1) is 0 Å². The molecule has 0 bridgehead atoms. The molecule has 5 heteroatoms. The Balaban J connectivity index is 2.34. The zero-order chi connectivity index (χ0) is 16.1. The van der Waals surface area contributed by atoms with Crippen molar-refractivity contribution < 1.29 is 19.0 Å². The molecule has 0 unspecified atom stereocenters. The molecule has 0 aromatic heterocycles. The molecule has 0 saturated heterocycles. The molecule has 0 fully saturated rings. The Morgan fingerprint density at radius 2 is 1.50 bits per heavy atom. The molecular weight excluding hydrogens is 282 g/mol. The third-order valence-electron chi connectivity index (χ3n) is 3.26. The number of hydrogen-bond donors (Lipinski definition) is 1. The third kappa shape index (κ3) is 3.14. The molecule has 2 aromatic rings. The van der Waals surface area contributed by atoms with E-state index in [1.807, 2.05) is 31.2 Å². The van der Waals surface area contributed by atoms with Gasteiger partial charge in [-0.25, -0.2) is 0 Å². The Labute approximate surface area is 129 Å². The second kappa shape index (κ2) is 6.85. The number of rotatable bonds is 5. The van der Waals surface area contributed by atoms with Crippen LogP contribution in [0, 0.1) is 6.92 Å². The minimum absolute atomic E-state index is 0.276. The van der Waals surface area contributed by atoms with Crippen molar-refractivity contribution in [3.63, 3.8) is 0 Å². The summed E-state index contributed by atoms with van der Waals surface area (Å²) in [6.45, 7) is 1.99. The van der Waals surface area contributed by atoms with Crippen molar-refractivity contribution >= 4 is 11.6 Å². The largest absolute Gasteiger partial charge is 0.493 e. The lowest BCUT2D eigenvalue weighted by Gasteiger charge is -2.15. The maximum absolute atomic E-state index is 12.5. The fourth-order valence-electron chi connectivity index (χ4n) is 2.12. The van der Waals surface area contributed by atoms with Crippen LogP contribution < -0.4 is 19.5 Å². The molecular formula is C17H19NO4. The van der Waals surface area contributed by atoms with Crippen LogP contribution in [0.15, 0.2) is 36.4 Å². The molecule has 1 N–H and O–H groups in total. The fourth-order valence-corrected chi connectivity index (χ4v) is 2.12. The van der Waals surface area contributed by atoms with Gasteiger partial charge in [-0.2, -0.15) is 0 Å². The minimum atomic E-state index is -0.276. The summed E-state index contributed by atoms with van der Waals surface area (Å²) >= 11 is 0. The van der Waals surface area contributed by atoms with Crippen LogP contribution in [0.5, 0.6) is 17.2 Å². The Bertz CT molecular complexity index is 665. The maximum Gasteiger partial charge on any atom is 0.259 e. The molecule has 0 aliphatic rings. The Morgan fingerprint density at radius 1 is 0.864 bits per heavy atom. The zero-order valence-electron chi connectivity index (χ0n) is 13.1. The predicted molar refractivity (Wildman–Crippen MR) is 85.2 cm³/mol. The van der Waals surface area contributed by atoms with Crippen molar-refractivity contribution in [3.05, 3.63) is 47.5 Å². The average Bonchev–Trinajstić information content (AvgIpc) is 2.55. The van der Waals surface area contributed by atoms with E-state index in [1.54, 1.807) is 12.1 Å². The highest BCUT2D eigenvalue weighted by Gasteiger charge is 2.20. The molecule has 0 saturated carbocycles. The van der Waals surface area contributed by atoms with E-state index in [0.29, 0.717) is 28.5 Å². The van der Waals surface area contributed by atoms with Crippen molar-refractivity contribution in [2.75, 3.05) is 26.6 Å². The first kappa shape index (κ1) is 15.7. The van der Waals surface area contributed by atoms with E-state index < -0.39 is 0 Å². The summed E-state index contributed by atoms with van der Waals surface area (Å²) in [6, 6.07) is 10.9. The van der Waals surface area contributed by atoms with E-state index >= 15 is 0 Å². The maximum atomic E-state index is 12.5. The van der Waals surface area contributed by atoms with E-state index in [4.69, 9.17) is 14.2 Å². The zero-order valence-corrected chi connectivity index (χ0v) is 13.1. The number of nitrogens with one attached hydrogen (secondary N) is 1. The number of amides is 1. The SMILES string of the molecule is COc1ccc(C(=O)Nc2ccc(C)cc2)c(OC)c1OC. The number of carbonyl (C=O) groups is 1. The first-order chi connectivity index (χ1) is 10.6. The molecule has 22 heavy (non-hydrogen) atoms. The lowest BCUT2D eigenvalue weighted by Crippen LogP contribution is -2.14. The van der Waals surface area contributed by atoms with Gasteiger partial charge in [0, 0.05) is 5.69 Å². The van der Waals surface area contributed by atoms with Gasteiger partial charge in [0.1, 0.15) is 0 Å². The first-order valence-electron chi connectivity index (χ1n) is 6.77. The molecule has 116 valence electrons. The number of hydrogen-bond acceptors (Lipinski definition) is 4. The van der Waals surface area contributed by atoms with Crippen LogP contribution in [0.4, 0.5) is 5.69 Å². The monoisotopic (exact) mass is 301 g/mol. The van der Waals surface area contributed by atoms with Gasteiger partial charge in [0.15, 0.2) is 11.5 Å². The summed E-state index contributed by atoms with van der Waals surface area (Å²) in [5.41, 5.74) is 2.22. The van der Waals surface area contributed by atoms with Gasteiger partial charge < -0.3 is 19.5 Å². The highest BCUT2D eigenvalue weighted by Crippen LogP contribution is 2.39. The molecule has 0 heterocycles.